The van der Waals surface area contributed by atoms with E-state index in [1.165, 1.54) is 13.0 Å². The van der Waals surface area contributed by atoms with Gasteiger partial charge in [-0.15, -0.1) is 0 Å². The first-order valence-electron chi connectivity index (χ1n) is 8.76. The van der Waals surface area contributed by atoms with E-state index in [4.69, 9.17) is 9.47 Å². The zero-order chi connectivity index (χ0) is 20.5. The molecule has 0 spiro atoms. The van der Waals surface area contributed by atoms with Crippen LogP contribution in [-0.4, -0.2) is 30.2 Å². The van der Waals surface area contributed by atoms with Crippen molar-refractivity contribution in [1.82, 2.24) is 5.32 Å². The molecule has 0 bridgehead atoms. The molecule has 148 valence electrons. The number of nitrogens with one attached hydrogen (secondary N) is 1. The molecule has 0 atom stereocenters. The fourth-order valence-electron chi connectivity index (χ4n) is 2.50. The van der Waals surface area contributed by atoms with E-state index in [1.807, 2.05) is 37.3 Å². The zero-order valence-corrected chi connectivity index (χ0v) is 17.3. The molecule has 0 radical (unpaired) electrons. The normalized spacial score (nSPS) is 11.0. The van der Waals surface area contributed by atoms with E-state index in [1.54, 1.807) is 12.1 Å². The molecule has 0 saturated heterocycles. The summed E-state index contributed by atoms with van der Waals surface area (Å²) in [6.07, 6.45) is 2.11. The number of carbonyl (C=O) groups is 2. The third-order valence-electron chi connectivity index (χ3n) is 3.66. The number of carbonyl (C=O) groups excluding carboxylic acids is 1. The molecule has 0 aromatic heterocycles. The minimum absolute atomic E-state index is 0.223. The van der Waals surface area contributed by atoms with Crippen molar-refractivity contribution in [2.45, 2.75) is 20.3 Å². The number of aliphatic carboxylic acids is 1. The first-order chi connectivity index (χ1) is 13.4. The smallest absolute Gasteiger partial charge is 0.352 e. The lowest BCUT2D eigenvalue weighted by Gasteiger charge is -2.15. The van der Waals surface area contributed by atoms with Crippen LogP contribution in [0.15, 0.2) is 52.6 Å². The van der Waals surface area contributed by atoms with Gasteiger partial charge in [-0.2, -0.15) is 0 Å². The van der Waals surface area contributed by atoms with Gasteiger partial charge in [0.2, 0.25) is 5.91 Å². The molecule has 0 aliphatic carbocycles. The average molecular weight is 448 g/mol. The number of carboxylic acids is 1. The van der Waals surface area contributed by atoms with Gasteiger partial charge in [-0.1, -0.05) is 30.3 Å². The predicted octanol–water partition coefficient (Wildman–Crippen LogP) is 4.03. The Hall–Kier alpha value is -2.80. The number of benzene rings is 2. The quantitative estimate of drug-likeness (QED) is 0.566. The Kier molecular flexibility index (Phi) is 8.07. The van der Waals surface area contributed by atoms with E-state index in [0.29, 0.717) is 34.7 Å². The van der Waals surface area contributed by atoms with Gasteiger partial charge in [0.05, 0.1) is 17.7 Å². The van der Waals surface area contributed by atoms with E-state index in [9.17, 15) is 14.7 Å². The van der Waals surface area contributed by atoms with Gasteiger partial charge in [0.15, 0.2) is 11.5 Å². The van der Waals surface area contributed by atoms with Crippen LogP contribution in [0.25, 0.3) is 6.08 Å². The first-order valence-corrected chi connectivity index (χ1v) is 9.55. The van der Waals surface area contributed by atoms with Crippen LogP contribution >= 0.6 is 15.9 Å². The Labute approximate surface area is 172 Å². The van der Waals surface area contributed by atoms with Crippen LogP contribution in [0.5, 0.6) is 11.5 Å². The maximum Gasteiger partial charge on any atom is 0.352 e. The van der Waals surface area contributed by atoms with Gasteiger partial charge in [-0.3, -0.25) is 4.79 Å². The van der Waals surface area contributed by atoms with Crippen molar-refractivity contribution in [3.63, 3.8) is 0 Å². The lowest BCUT2D eigenvalue weighted by molar-refractivity contribution is -0.134. The van der Waals surface area contributed by atoms with Gasteiger partial charge < -0.3 is 19.9 Å². The summed E-state index contributed by atoms with van der Waals surface area (Å²) in [7, 11) is 0. The standard InChI is InChI=1S/C21H22BrNO5/c1-3-27-19-13-16(12-18(21(25)26)23-14(2)24)11-17(22)20(19)28-10-9-15-7-5-4-6-8-15/h4-8,11-13H,3,9-10H2,1-2H3,(H,23,24)(H,25,26). The van der Waals surface area contributed by atoms with Crippen molar-refractivity contribution in [2.75, 3.05) is 13.2 Å². The molecule has 0 fully saturated rings. The highest BCUT2D eigenvalue weighted by Gasteiger charge is 2.14. The highest BCUT2D eigenvalue weighted by atomic mass is 79.9. The van der Waals surface area contributed by atoms with Crippen LogP contribution in [0.4, 0.5) is 0 Å². The molecular formula is C21H22BrNO5. The van der Waals surface area contributed by atoms with Crippen molar-refractivity contribution in [1.29, 1.82) is 0 Å². The number of rotatable bonds is 9. The van der Waals surface area contributed by atoms with Gasteiger partial charge in [0.25, 0.3) is 0 Å². The van der Waals surface area contributed by atoms with E-state index >= 15 is 0 Å². The lowest BCUT2D eigenvalue weighted by Crippen LogP contribution is -2.24. The summed E-state index contributed by atoms with van der Waals surface area (Å²) in [4.78, 5) is 22.5. The Morgan fingerprint density at radius 3 is 2.50 bits per heavy atom. The van der Waals surface area contributed by atoms with Crippen molar-refractivity contribution in [3.8, 4) is 11.5 Å². The molecular weight excluding hydrogens is 426 g/mol. The summed E-state index contributed by atoms with van der Waals surface area (Å²) in [6.45, 7) is 3.99. The second kappa shape index (κ2) is 10.5. The molecule has 0 aliphatic heterocycles. The third-order valence-corrected chi connectivity index (χ3v) is 4.25. The molecule has 6 nitrogen and oxygen atoms in total. The van der Waals surface area contributed by atoms with Crippen LogP contribution in [0, 0.1) is 0 Å². The molecule has 0 unspecified atom stereocenters. The monoisotopic (exact) mass is 447 g/mol. The minimum Gasteiger partial charge on any atom is -0.490 e. The maximum atomic E-state index is 11.3. The summed E-state index contributed by atoms with van der Waals surface area (Å²) >= 11 is 3.46. The van der Waals surface area contributed by atoms with E-state index in [0.717, 1.165) is 12.0 Å². The number of amides is 1. The van der Waals surface area contributed by atoms with Crippen LogP contribution in [0.1, 0.15) is 25.0 Å². The Bertz CT molecular complexity index is 865. The molecule has 28 heavy (non-hydrogen) atoms. The average Bonchev–Trinajstić information content (AvgIpc) is 2.64. The molecule has 0 heterocycles. The SMILES string of the molecule is CCOc1cc(C=C(NC(C)=O)C(=O)O)cc(Br)c1OCCc1ccccc1. The van der Waals surface area contributed by atoms with Gasteiger partial charge in [0, 0.05) is 13.3 Å². The van der Waals surface area contributed by atoms with Crippen LogP contribution in [0.3, 0.4) is 0 Å². The van der Waals surface area contributed by atoms with Crippen LogP contribution in [0.2, 0.25) is 0 Å². The van der Waals surface area contributed by atoms with Crippen molar-refractivity contribution >= 4 is 33.9 Å². The van der Waals surface area contributed by atoms with Gasteiger partial charge in [0.1, 0.15) is 5.70 Å². The Morgan fingerprint density at radius 1 is 1.18 bits per heavy atom. The number of halogens is 1. The minimum atomic E-state index is -1.23. The zero-order valence-electron chi connectivity index (χ0n) is 15.7. The molecule has 7 heteroatoms. The Balaban J connectivity index is 2.24. The predicted molar refractivity (Wildman–Crippen MR) is 110 cm³/mol. The van der Waals surface area contributed by atoms with Crippen molar-refractivity contribution in [3.05, 3.63) is 63.8 Å². The van der Waals surface area contributed by atoms with Gasteiger partial charge in [-0.25, -0.2) is 4.79 Å². The molecule has 1 amide bonds. The third kappa shape index (κ3) is 6.42. The Morgan fingerprint density at radius 2 is 1.89 bits per heavy atom. The van der Waals surface area contributed by atoms with Crippen molar-refractivity contribution < 1.29 is 24.2 Å². The van der Waals surface area contributed by atoms with Gasteiger partial charge in [-0.05, 0) is 52.2 Å². The molecule has 2 aromatic carbocycles. The fourth-order valence-corrected chi connectivity index (χ4v) is 3.07. The second-order valence-electron chi connectivity index (χ2n) is 5.89. The second-order valence-corrected chi connectivity index (χ2v) is 6.75. The van der Waals surface area contributed by atoms with E-state index in [-0.39, 0.29) is 5.70 Å². The van der Waals surface area contributed by atoms with Gasteiger partial charge >= 0.3 is 5.97 Å². The van der Waals surface area contributed by atoms with Crippen LogP contribution in [-0.2, 0) is 16.0 Å². The molecule has 2 rings (SSSR count). The fraction of sp³-hybridized carbons (Fsp3) is 0.238. The summed E-state index contributed by atoms with van der Waals surface area (Å²) in [5.74, 6) is -0.652. The van der Waals surface area contributed by atoms with E-state index < -0.39 is 11.9 Å². The lowest BCUT2D eigenvalue weighted by atomic mass is 10.1. The molecule has 2 aromatic rings. The maximum absolute atomic E-state index is 11.3. The number of carboxylic acid groups (broad SMARTS) is 1. The molecule has 0 aliphatic rings. The topological polar surface area (TPSA) is 84.9 Å². The summed E-state index contributed by atoms with van der Waals surface area (Å²) in [6, 6.07) is 13.4. The summed E-state index contributed by atoms with van der Waals surface area (Å²) in [5, 5.41) is 11.6. The van der Waals surface area contributed by atoms with Crippen LogP contribution < -0.4 is 14.8 Å². The number of hydrogen-bond acceptors (Lipinski definition) is 4. The molecule has 0 saturated carbocycles. The van der Waals surface area contributed by atoms with Crippen molar-refractivity contribution in [2.24, 2.45) is 0 Å². The summed E-state index contributed by atoms with van der Waals surface area (Å²) in [5.41, 5.74) is 1.49. The highest BCUT2D eigenvalue weighted by molar-refractivity contribution is 9.10. The van der Waals surface area contributed by atoms with E-state index in [2.05, 4.69) is 21.2 Å². The number of ether oxygens (including phenoxy) is 2. The first kappa shape index (κ1) is 21.5. The largest absolute Gasteiger partial charge is 0.490 e. The molecule has 2 N–H and O–H groups in total. The number of hydrogen-bond donors (Lipinski definition) is 2. The highest BCUT2D eigenvalue weighted by Crippen LogP contribution is 2.37. The summed E-state index contributed by atoms with van der Waals surface area (Å²) < 4.78 is 12.2.